The summed E-state index contributed by atoms with van der Waals surface area (Å²) >= 11 is 5.94. The molecule has 3 rings (SSSR count). The Morgan fingerprint density at radius 3 is 2.52 bits per heavy atom. The third-order valence-electron chi connectivity index (χ3n) is 5.25. The van der Waals surface area contributed by atoms with Crippen LogP contribution in [0.4, 0.5) is 0 Å². The first kappa shape index (κ1) is 22.8. The van der Waals surface area contributed by atoms with Crippen molar-refractivity contribution in [3.05, 3.63) is 64.3 Å². The number of hydrogen-bond donors (Lipinski definition) is 2. The minimum atomic E-state index is -0.957. The number of unbranched alkanes of at least 4 members (excludes halogenated alkanes) is 3. The molecule has 0 unspecified atom stereocenters. The topological polar surface area (TPSA) is 80.6 Å². The van der Waals surface area contributed by atoms with Gasteiger partial charge in [-0.05, 0) is 61.4 Å². The summed E-state index contributed by atoms with van der Waals surface area (Å²) in [6.07, 6.45) is 4.35. The molecule has 6 nitrogen and oxygen atoms in total. The van der Waals surface area contributed by atoms with E-state index in [9.17, 15) is 14.7 Å². The van der Waals surface area contributed by atoms with Crippen molar-refractivity contribution in [1.82, 2.24) is 10.0 Å². The first-order valence-electron chi connectivity index (χ1n) is 10.5. The molecule has 0 saturated carbocycles. The molecule has 164 valence electrons. The highest BCUT2D eigenvalue weighted by Gasteiger charge is 2.22. The lowest BCUT2D eigenvalue weighted by Gasteiger charge is -2.09. The van der Waals surface area contributed by atoms with Crippen molar-refractivity contribution in [3.63, 3.8) is 0 Å². The lowest BCUT2D eigenvalue weighted by atomic mass is 10.1. The molecule has 2 N–H and O–H groups in total. The summed E-state index contributed by atoms with van der Waals surface area (Å²) < 4.78 is 1.55. The standard InChI is InChI=1S/C24H27ClN2O4/c1-3-4-5-6-13-26-31-19-11-12-22-21(14-19)20(15-23(28)29)16(2)27(22)24(30)17-7-9-18(25)10-8-17/h7-12,14,26H,3-6,13,15H2,1-2H3,(H,28,29). The van der Waals surface area contributed by atoms with Crippen LogP contribution in [-0.2, 0) is 11.2 Å². The molecule has 0 aliphatic heterocycles. The summed E-state index contributed by atoms with van der Waals surface area (Å²) in [5.41, 5.74) is 5.27. The van der Waals surface area contributed by atoms with E-state index in [0.717, 1.165) is 19.4 Å². The molecular formula is C24H27ClN2O4. The average Bonchev–Trinajstić information content (AvgIpc) is 3.01. The molecule has 3 aromatic rings. The normalized spacial score (nSPS) is 11.1. The molecule has 1 aromatic heterocycles. The maximum Gasteiger partial charge on any atom is 0.307 e. The zero-order chi connectivity index (χ0) is 22.4. The largest absolute Gasteiger partial charge is 0.481 e. The summed E-state index contributed by atoms with van der Waals surface area (Å²) in [4.78, 5) is 30.3. The molecule has 1 heterocycles. The Bertz CT molecular complexity index is 1070. The van der Waals surface area contributed by atoms with E-state index in [0.29, 0.717) is 38.5 Å². The number of hydroxylamine groups is 1. The molecule has 31 heavy (non-hydrogen) atoms. The van der Waals surface area contributed by atoms with Crippen LogP contribution in [0.25, 0.3) is 10.9 Å². The van der Waals surface area contributed by atoms with Crippen LogP contribution in [0.2, 0.25) is 5.02 Å². The molecule has 0 radical (unpaired) electrons. The number of nitrogens with zero attached hydrogens (tertiary/aromatic N) is 1. The van der Waals surface area contributed by atoms with E-state index >= 15 is 0 Å². The molecular weight excluding hydrogens is 416 g/mol. The molecule has 0 fully saturated rings. The average molecular weight is 443 g/mol. The molecule has 0 amide bonds. The van der Waals surface area contributed by atoms with E-state index in [-0.39, 0.29) is 12.3 Å². The summed E-state index contributed by atoms with van der Waals surface area (Å²) in [6.45, 7) is 4.66. The SMILES string of the molecule is CCCCCCNOc1ccc2c(c1)c(CC(=O)O)c(C)n2C(=O)c1ccc(Cl)cc1. The van der Waals surface area contributed by atoms with Gasteiger partial charge in [-0.15, -0.1) is 0 Å². The summed E-state index contributed by atoms with van der Waals surface area (Å²) in [6, 6.07) is 12.0. The molecule has 0 saturated heterocycles. The number of benzene rings is 2. The monoisotopic (exact) mass is 442 g/mol. The van der Waals surface area contributed by atoms with E-state index in [4.69, 9.17) is 16.4 Å². The summed E-state index contributed by atoms with van der Waals surface area (Å²) in [5, 5.41) is 10.6. The van der Waals surface area contributed by atoms with Crippen LogP contribution < -0.4 is 10.3 Å². The summed E-state index contributed by atoms with van der Waals surface area (Å²) in [7, 11) is 0. The molecule has 0 aliphatic carbocycles. The van der Waals surface area contributed by atoms with Gasteiger partial charge >= 0.3 is 5.97 Å². The van der Waals surface area contributed by atoms with Crippen molar-refractivity contribution in [3.8, 4) is 5.75 Å². The minimum absolute atomic E-state index is 0.183. The second kappa shape index (κ2) is 10.5. The van der Waals surface area contributed by atoms with Gasteiger partial charge in [-0.1, -0.05) is 37.8 Å². The van der Waals surface area contributed by atoms with Gasteiger partial charge in [-0.25, -0.2) is 0 Å². The Hall–Kier alpha value is -2.83. The van der Waals surface area contributed by atoms with Crippen molar-refractivity contribution in [2.45, 2.75) is 46.0 Å². The fourth-order valence-corrected chi connectivity index (χ4v) is 3.77. The zero-order valence-corrected chi connectivity index (χ0v) is 18.5. The van der Waals surface area contributed by atoms with Crippen LogP contribution in [0.5, 0.6) is 5.75 Å². The third kappa shape index (κ3) is 5.46. The van der Waals surface area contributed by atoms with Gasteiger partial charge in [-0.3, -0.25) is 14.2 Å². The van der Waals surface area contributed by atoms with Crippen LogP contribution in [0.15, 0.2) is 42.5 Å². The maximum atomic E-state index is 13.2. The molecule has 0 atom stereocenters. The van der Waals surface area contributed by atoms with Gasteiger partial charge in [-0.2, -0.15) is 5.48 Å². The number of aliphatic carboxylic acids is 1. The van der Waals surface area contributed by atoms with Gasteiger partial charge in [0.2, 0.25) is 0 Å². The maximum absolute atomic E-state index is 13.2. The fourth-order valence-electron chi connectivity index (χ4n) is 3.64. The van der Waals surface area contributed by atoms with Gasteiger partial charge in [0.1, 0.15) is 5.75 Å². The second-order valence-electron chi connectivity index (χ2n) is 7.52. The number of carboxylic acid groups (broad SMARTS) is 1. The highest BCUT2D eigenvalue weighted by atomic mass is 35.5. The number of fused-ring (bicyclic) bond motifs is 1. The highest BCUT2D eigenvalue weighted by Crippen LogP contribution is 2.30. The zero-order valence-electron chi connectivity index (χ0n) is 17.8. The van der Waals surface area contributed by atoms with Gasteiger partial charge in [0.15, 0.2) is 0 Å². The highest BCUT2D eigenvalue weighted by molar-refractivity contribution is 6.30. The van der Waals surface area contributed by atoms with Gasteiger partial charge in [0.05, 0.1) is 11.9 Å². The van der Waals surface area contributed by atoms with E-state index in [2.05, 4.69) is 12.4 Å². The number of aromatic nitrogens is 1. The number of carbonyl (C=O) groups excluding carboxylic acids is 1. The van der Waals surface area contributed by atoms with E-state index in [1.54, 1.807) is 54.0 Å². The van der Waals surface area contributed by atoms with Crippen molar-refractivity contribution in [2.75, 3.05) is 6.54 Å². The predicted octanol–water partition coefficient (Wildman–Crippen LogP) is 5.38. The van der Waals surface area contributed by atoms with Gasteiger partial charge < -0.3 is 9.94 Å². The number of hydrogen-bond acceptors (Lipinski definition) is 4. The Balaban J connectivity index is 1.92. The quantitative estimate of drug-likeness (QED) is 0.325. The van der Waals surface area contributed by atoms with Crippen molar-refractivity contribution in [1.29, 1.82) is 0 Å². The summed E-state index contributed by atoms with van der Waals surface area (Å²) in [5.74, 6) is -0.620. The van der Waals surface area contributed by atoms with Gasteiger partial charge in [0.25, 0.3) is 5.91 Å². The van der Waals surface area contributed by atoms with Crippen molar-refractivity contribution >= 4 is 34.4 Å². The van der Waals surface area contributed by atoms with Crippen LogP contribution >= 0.6 is 11.6 Å². The fraction of sp³-hybridized carbons (Fsp3) is 0.333. The van der Waals surface area contributed by atoms with E-state index in [1.807, 2.05) is 0 Å². The van der Waals surface area contributed by atoms with E-state index in [1.165, 1.54) is 12.8 Å². The number of carbonyl (C=O) groups is 2. The number of nitrogens with one attached hydrogen (secondary N) is 1. The Morgan fingerprint density at radius 2 is 1.84 bits per heavy atom. The van der Waals surface area contributed by atoms with Crippen LogP contribution in [0.1, 0.15) is 54.2 Å². The molecule has 0 aliphatic rings. The smallest absolute Gasteiger partial charge is 0.307 e. The van der Waals surface area contributed by atoms with E-state index < -0.39 is 5.97 Å². The Kier molecular flexibility index (Phi) is 7.71. The molecule has 7 heteroatoms. The van der Waals surface area contributed by atoms with Crippen LogP contribution in [-0.4, -0.2) is 28.1 Å². The third-order valence-corrected chi connectivity index (χ3v) is 5.50. The minimum Gasteiger partial charge on any atom is -0.481 e. The van der Waals surface area contributed by atoms with Crippen molar-refractivity contribution in [2.24, 2.45) is 0 Å². The predicted molar refractivity (Wildman–Crippen MR) is 122 cm³/mol. The Morgan fingerprint density at radius 1 is 1.10 bits per heavy atom. The second-order valence-corrected chi connectivity index (χ2v) is 7.95. The van der Waals surface area contributed by atoms with Crippen LogP contribution in [0.3, 0.4) is 0 Å². The van der Waals surface area contributed by atoms with Crippen molar-refractivity contribution < 1.29 is 19.5 Å². The Labute approximate surface area is 186 Å². The first-order chi connectivity index (χ1) is 14.9. The van der Waals surface area contributed by atoms with Gasteiger partial charge in [0, 0.05) is 28.2 Å². The molecule has 2 aromatic carbocycles. The lowest BCUT2D eigenvalue weighted by Crippen LogP contribution is -2.19. The molecule has 0 bridgehead atoms. The number of rotatable bonds is 10. The first-order valence-corrected chi connectivity index (χ1v) is 10.9. The number of carboxylic acids is 1. The number of halogens is 1. The lowest BCUT2D eigenvalue weighted by molar-refractivity contribution is -0.136. The molecule has 0 spiro atoms. The van der Waals surface area contributed by atoms with Crippen LogP contribution in [0, 0.1) is 6.92 Å².